The smallest absolute Gasteiger partial charge is 0.249 e. The van der Waals surface area contributed by atoms with Gasteiger partial charge in [0.05, 0.1) is 6.67 Å². The van der Waals surface area contributed by atoms with E-state index in [1.165, 1.54) is 27.4 Å². The van der Waals surface area contributed by atoms with E-state index in [9.17, 15) is 0 Å². The topological polar surface area (TPSA) is 58.0 Å². The third-order valence-electron chi connectivity index (χ3n) is 6.02. The molecule has 30 heavy (non-hydrogen) atoms. The van der Waals surface area contributed by atoms with Crippen LogP contribution in [-0.2, 0) is 18.6 Å². The number of aromatic nitrogens is 3. The van der Waals surface area contributed by atoms with Gasteiger partial charge in [-0.05, 0) is 48.4 Å². The number of fused-ring (bicyclic) bond motifs is 8. The molecular formula is C20H20Cl2N6S2. The van der Waals surface area contributed by atoms with Crippen molar-refractivity contribution in [2.75, 3.05) is 11.7 Å². The molecule has 1 aliphatic carbocycles. The largest absolute Gasteiger partial charge is 0.278 e. The second kappa shape index (κ2) is 7.39. The van der Waals surface area contributed by atoms with Gasteiger partial charge in [0, 0.05) is 26.2 Å². The van der Waals surface area contributed by atoms with Crippen molar-refractivity contribution >= 4 is 52.2 Å². The Labute approximate surface area is 192 Å². The standard InChI is InChI=1S/C20H20Cl2N6S2/c1-10-2-5-13-15(6-10)30-18-16(13)17-23-9-24-28(17)19-25-26-20(27(18)19)29-8-11-3-4-12(21)7-14(11)22/h3-4,7,10,17,23-24H,2,5-6,8-9H2,1H3/t10-,17?/m0/s1. The first kappa shape index (κ1) is 19.4. The van der Waals surface area contributed by atoms with Crippen LogP contribution in [0, 0.1) is 5.92 Å². The van der Waals surface area contributed by atoms with Gasteiger partial charge in [0.1, 0.15) is 11.2 Å². The number of hydrogen-bond acceptors (Lipinski definition) is 7. The Morgan fingerprint density at radius 1 is 1.30 bits per heavy atom. The monoisotopic (exact) mass is 478 g/mol. The van der Waals surface area contributed by atoms with Crippen LogP contribution < -0.4 is 15.8 Å². The molecule has 2 atom stereocenters. The van der Waals surface area contributed by atoms with E-state index < -0.39 is 0 Å². The van der Waals surface area contributed by atoms with Gasteiger partial charge >= 0.3 is 0 Å². The number of thioether (sulfide) groups is 1. The Balaban J connectivity index is 1.41. The SMILES string of the molecule is C[C@H]1CCc2c(sc3c2C2NCNN2c2nnc(SCc4ccc(Cl)cc4Cl)n2-3)C1. The Bertz CT molecular complexity index is 1140. The van der Waals surface area contributed by atoms with E-state index in [1.807, 2.05) is 23.5 Å². The predicted octanol–water partition coefficient (Wildman–Crippen LogP) is 4.94. The van der Waals surface area contributed by atoms with Gasteiger partial charge in [-0.1, -0.05) is 48.0 Å². The summed E-state index contributed by atoms with van der Waals surface area (Å²) in [5.74, 6) is 2.29. The quantitative estimate of drug-likeness (QED) is 0.520. The summed E-state index contributed by atoms with van der Waals surface area (Å²) in [4.78, 5) is 1.52. The van der Waals surface area contributed by atoms with Crippen molar-refractivity contribution in [1.29, 1.82) is 0 Å². The number of nitrogens with zero attached hydrogens (tertiary/aromatic N) is 4. The van der Waals surface area contributed by atoms with Crippen LogP contribution in [-0.4, -0.2) is 21.4 Å². The Hall–Kier alpha value is -1.29. The lowest BCUT2D eigenvalue weighted by molar-refractivity contribution is 0.499. The molecule has 1 unspecified atom stereocenters. The molecule has 2 aliphatic heterocycles. The van der Waals surface area contributed by atoms with Crippen molar-refractivity contribution in [2.24, 2.45) is 5.92 Å². The van der Waals surface area contributed by atoms with Crippen molar-refractivity contribution < 1.29 is 0 Å². The zero-order chi connectivity index (χ0) is 20.4. The summed E-state index contributed by atoms with van der Waals surface area (Å²) >= 11 is 16.0. The van der Waals surface area contributed by atoms with Gasteiger partial charge in [0.15, 0.2) is 5.16 Å². The maximum atomic E-state index is 6.38. The molecule has 3 aliphatic rings. The molecule has 2 aromatic heterocycles. The van der Waals surface area contributed by atoms with Gasteiger partial charge in [0.2, 0.25) is 5.95 Å². The third-order valence-corrected chi connectivity index (χ3v) is 8.84. The lowest BCUT2D eigenvalue weighted by atomic mass is 9.87. The molecule has 2 N–H and O–H groups in total. The zero-order valence-corrected chi connectivity index (χ0v) is 19.4. The summed E-state index contributed by atoms with van der Waals surface area (Å²) in [6.07, 6.45) is 3.68. The van der Waals surface area contributed by atoms with Crippen LogP contribution >= 0.6 is 46.3 Å². The van der Waals surface area contributed by atoms with Crippen molar-refractivity contribution in [3.05, 3.63) is 49.8 Å². The minimum Gasteiger partial charge on any atom is -0.278 e. The van der Waals surface area contributed by atoms with Crippen molar-refractivity contribution in [3.8, 4) is 5.00 Å². The number of nitrogens with one attached hydrogen (secondary N) is 2. The van der Waals surface area contributed by atoms with Crippen molar-refractivity contribution in [2.45, 2.75) is 43.3 Å². The number of rotatable bonds is 3. The fourth-order valence-corrected chi connectivity index (χ4v) is 7.60. The maximum Gasteiger partial charge on any atom is 0.249 e. The molecule has 1 saturated heterocycles. The van der Waals surface area contributed by atoms with E-state index in [-0.39, 0.29) is 6.17 Å². The van der Waals surface area contributed by atoms with Gasteiger partial charge in [-0.2, -0.15) is 0 Å². The number of hydrogen-bond donors (Lipinski definition) is 2. The molecular weight excluding hydrogens is 459 g/mol. The van der Waals surface area contributed by atoms with Crippen molar-refractivity contribution in [3.63, 3.8) is 0 Å². The molecule has 0 bridgehead atoms. The van der Waals surface area contributed by atoms with E-state index in [4.69, 9.17) is 23.2 Å². The molecule has 0 saturated carbocycles. The Morgan fingerprint density at radius 2 is 2.20 bits per heavy atom. The molecule has 0 spiro atoms. The second-order valence-corrected chi connectivity index (χ2v) is 10.9. The minimum absolute atomic E-state index is 0.119. The summed E-state index contributed by atoms with van der Waals surface area (Å²) in [6, 6.07) is 5.64. The van der Waals surface area contributed by atoms with Crippen LogP contribution in [0.3, 0.4) is 0 Å². The third kappa shape index (κ3) is 3.00. The van der Waals surface area contributed by atoms with Gasteiger partial charge in [-0.25, -0.2) is 9.99 Å². The molecule has 1 aromatic carbocycles. The normalized spacial score (nSPS) is 21.9. The number of thiophene rings is 1. The minimum atomic E-state index is 0.119. The number of hydrazine groups is 1. The zero-order valence-electron chi connectivity index (χ0n) is 16.3. The maximum absolute atomic E-state index is 6.38. The first-order chi connectivity index (χ1) is 14.6. The van der Waals surface area contributed by atoms with Crippen LogP contribution in [0.5, 0.6) is 0 Å². The van der Waals surface area contributed by atoms with Crippen LogP contribution in [0.1, 0.15) is 41.1 Å². The molecule has 10 heteroatoms. The number of anilines is 1. The fourth-order valence-electron chi connectivity index (χ4n) is 4.51. The van der Waals surface area contributed by atoms with Crippen LogP contribution in [0.15, 0.2) is 23.4 Å². The van der Waals surface area contributed by atoms with Crippen LogP contribution in [0.25, 0.3) is 5.00 Å². The first-order valence-corrected chi connectivity index (χ1v) is 12.6. The fraction of sp³-hybridized carbons (Fsp3) is 0.400. The van der Waals surface area contributed by atoms with E-state index in [0.29, 0.717) is 15.8 Å². The van der Waals surface area contributed by atoms with Crippen molar-refractivity contribution in [1.82, 2.24) is 25.5 Å². The number of halogens is 2. The molecule has 6 rings (SSSR count). The molecule has 156 valence electrons. The van der Waals surface area contributed by atoms with E-state index in [0.717, 1.165) is 42.1 Å². The summed E-state index contributed by atoms with van der Waals surface area (Å²) in [5.41, 5.74) is 7.38. The van der Waals surface area contributed by atoms with Gasteiger partial charge in [-0.15, -0.1) is 21.5 Å². The average Bonchev–Trinajstić information content (AvgIpc) is 3.42. The molecule has 3 aromatic rings. The Morgan fingerprint density at radius 3 is 3.07 bits per heavy atom. The van der Waals surface area contributed by atoms with Gasteiger partial charge in [-0.3, -0.25) is 10.3 Å². The molecule has 0 radical (unpaired) electrons. The first-order valence-electron chi connectivity index (χ1n) is 10.0. The summed E-state index contributed by atoms with van der Waals surface area (Å²) in [6.45, 7) is 3.07. The lowest BCUT2D eigenvalue weighted by Gasteiger charge is -2.31. The van der Waals surface area contributed by atoms with E-state index in [2.05, 4.69) is 37.4 Å². The van der Waals surface area contributed by atoms with Gasteiger partial charge in [0.25, 0.3) is 0 Å². The Kier molecular flexibility index (Phi) is 4.78. The highest BCUT2D eigenvalue weighted by atomic mass is 35.5. The highest BCUT2D eigenvalue weighted by Crippen LogP contribution is 2.48. The highest BCUT2D eigenvalue weighted by Gasteiger charge is 2.42. The van der Waals surface area contributed by atoms with E-state index in [1.54, 1.807) is 17.8 Å². The molecule has 6 nitrogen and oxygen atoms in total. The lowest BCUT2D eigenvalue weighted by Crippen LogP contribution is -2.39. The molecule has 1 fully saturated rings. The summed E-state index contributed by atoms with van der Waals surface area (Å²) in [7, 11) is 0. The van der Waals surface area contributed by atoms with Gasteiger partial charge < -0.3 is 0 Å². The number of benzene rings is 1. The van der Waals surface area contributed by atoms with Crippen LogP contribution in [0.4, 0.5) is 5.95 Å². The molecule has 0 amide bonds. The summed E-state index contributed by atoms with van der Waals surface area (Å²) in [5, 5.41) is 18.3. The second-order valence-electron chi connectivity index (χ2n) is 8.02. The predicted molar refractivity (Wildman–Crippen MR) is 123 cm³/mol. The van der Waals surface area contributed by atoms with Crippen LogP contribution in [0.2, 0.25) is 10.0 Å². The molecule has 4 heterocycles. The average molecular weight is 479 g/mol. The van der Waals surface area contributed by atoms with E-state index >= 15 is 0 Å². The summed E-state index contributed by atoms with van der Waals surface area (Å²) < 4.78 is 2.22. The highest BCUT2D eigenvalue weighted by molar-refractivity contribution is 7.98.